The molecule has 1 aromatic heterocycles. The van der Waals surface area contributed by atoms with Crippen LogP contribution in [0.25, 0.3) is 21.9 Å². The molecule has 2 aromatic carbocycles. The van der Waals surface area contributed by atoms with Crippen molar-refractivity contribution in [3.05, 3.63) is 48.6 Å². The second kappa shape index (κ2) is 7.31. The van der Waals surface area contributed by atoms with E-state index in [0.717, 1.165) is 16.4 Å². The van der Waals surface area contributed by atoms with Crippen molar-refractivity contribution >= 4 is 39.5 Å². The minimum atomic E-state index is -0.949. The van der Waals surface area contributed by atoms with Crippen LogP contribution in [-0.2, 0) is 14.3 Å². The molecule has 1 amide bonds. The van der Waals surface area contributed by atoms with Gasteiger partial charge in [0, 0.05) is 22.9 Å². The molecular weight excluding hydrogens is 334 g/mol. The first kappa shape index (κ1) is 17.5. The molecular formula is C20H19NO5. The van der Waals surface area contributed by atoms with Gasteiger partial charge in [-0.25, -0.2) is 4.79 Å². The summed E-state index contributed by atoms with van der Waals surface area (Å²) in [7, 11) is 1.52. The highest BCUT2D eigenvalue weighted by Crippen LogP contribution is 2.36. The van der Waals surface area contributed by atoms with E-state index in [1.54, 1.807) is 19.1 Å². The van der Waals surface area contributed by atoms with Crippen LogP contribution in [0.5, 0.6) is 5.75 Å². The summed E-state index contributed by atoms with van der Waals surface area (Å²) in [6, 6.07) is 11.2. The molecule has 0 aliphatic rings. The topological polar surface area (TPSA) is 77.8 Å². The smallest absolute Gasteiger partial charge is 0.331 e. The van der Waals surface area contributed by atoms with Crippen LogP contribution >= 0.6 is 0 Å². The van der Waals surface area contributed by atoms with Gasteiger partial charge in [-0.3, -0.25) is 4.79 Å². The first-order valence-electron chi connectivity index (χ1n) is 8.17. The number of fused-ring (bicyclic) bond motifs is 3. The second-order valence-corrected chi connectivity index (χ2v) is 5.72. The summed E-state index contributed by atoms with van der Waals surface area (Å²) in [5, 5.41) is 4.58. The normalized spacial score (nSPS) is 12.4. The predicted octanol–water partition coefficient (Wildman–Crippen LogP) is 4.04. The number of nitrogens with one attached hydrogen (secondary N) is 1. The molecule has 0 spiro atoms. The van der Waals surface area contributed by atoms with Crippen LogP contribution in [0.2, 0.25) is 0 Å². The molecule has 26 heavy (non-hydrogen) atoms. The molecule has 3 aromatic rings. The number of methoxy groups -OCH3 is 1. The number of carbonyl (C=O) groups excluding carboxylic acids is 2. The summed E-state index contributed by atoms with van der Waals surface area (Å²) in [5.74, 6) is -0.546. The van der Waals surface area contributed by atoms with Crippen LogP contribution in [0.15, 0.2) is 53.0 Å². The molecule has 6 heteroatoms. The van der Waals surface area contributed by atoms with Gasteiger partial charge < -0.3 is 19.2 Å². The van der Waals surface area contributed by atoms with Gasteiger partial charge in [-0.1, -0.05) is 24.3 Å². The van der Waals surface area contributed by atoms with E-state index in [4.69, 9.17) is 13.9 Å². The minimum absolute atomic E-state index is 0.443. The number of allylic oxidation sites excluding steroid dienone is 1. The lowest BCUT2D eigenvalue weighted by molar-refractivity contribution is -0.148. The molecule has 0 aliphatic carbocycles. The van der Waals surface area contributed by atoms with Crippen molar-refractivity contribution < 1.29 is 23.5 Å². The predicted molar refractivity (Wildman–Crippen MR) is 99.3 cm³/mol. The van der Waals surface area contributed by atoms with Crippen molar-refractivity contribution in [1.82, 2.24) is 0 Å². The van der Waals surface area contributed by atoms with Crippen LogP contribution in [0.1, 0.15) is 13.8 Å². The summed E-state index contributed by atoms with van der Waals surface area (Å²) < 4.78 is 16.3. The third-order valence-corrected chi connectivity index (χ3v) is 3.92. The Morgan fingerprint density at radius 1 is 1.15 bits per heavy atom. The van der Waals surface area contributed by atoms with Crippen molar-refractivity contribution in [2.24, 2.45) is 0 Å². The fourth-order valence-electron chi connectivity index (χ4n) is 2.66. The van der Waals surface area contributed by atoms with E-state index >= 15 is 0 Å². The fourth-order valence-corrected chi connectivity index (χ4v) is 2.66. The Labute approximate surface area is 150 Å². The van der Waals surface area contributed by atoms with E-state index in [1.165, 1.54) is 20.1 Å². The lowest BCUT2D eigenvalue weighted by Crippen LogP contribution is -2.29. The van der Waals surface area contributed by atoms with Crippen molar-refractivity contribution in [3.63, 3.8) is 0 Å². The standard InChI is InChI=1S/C20H19NO5/c1-4-7-19(22)25-12(2)20(23)21-15-11-17-14(10-18(15)24-3)13-8-5-6-9-16(13)26-17/h4-12H,1-3H3,(H,21,23)/b7-4+/t12-/m0/s1. The average molecular weight is 353 g/mol. The van der Waals surface area contributed by atoms with Crippen molar-refractivity contribution in [1.29, 1.82) is 0 Å². The zero-order valence-corrected chi connectivity index (χ0v) is 14.7. The molecule has 0 bridgehead atoms. The van der Waals surface area contributed by atoms with Gasteiger partial charge in [-0.05, 0) is 26.0 Å². The summed E-state index contributed by atoms with van der Waals surface area (Å²) in [5.41, 5.74) is 1.82. The molecule has 1 atom stereocenters. The van der Waals surface area contributed by atoms with Crippen LogP contribution in [0, 0.1) is 0 Å². The number of furan rings is 1. The highest BCUT2D eigenvalue weighted by Gasteiger charge is 2.19. The number of carbonyl (C=O) groups is 2. The van der Waals surface area contributed by atoms with E-state index < -0.39 is 18.0 Å². The number of ether oxygens (including phenoxy) is 2. The highest BCUT2D eigenvalue weighted by molar-refractivity contribution is 6.08. The molecule has 1 heterocycles. The molecule has 6 nitrogen and oxygen atoms in total. The fraction of sp³-hybridized carbons (Fsp3) is 0.200. The molecule has 1 N–H and O–H groups in total. The van der Waals surface area contributed by atoms with Gasteiger partial charge in [0.2, 0.25) is 0 Å². The maximum atomic E-state index is 12.3. The third-order valence-electron chi connectivity index (χ3n) is 3.92. The Morgan fingerprint density at radius 2 is 1.92 bits per heavy atom. The number of amides is 1. The summed E-state index contributed by atoms with van der Waals surface area (Å²) in [6.07, 6.45) is 1.85. The van der Waals surface area contributed by atoms with Gasteiger partial charge in [-0.15, -0.1) is 0 Å². The minimum Gasteiger partial charge on any atom is -0.495 e. The summed E-state index contributed by atoms with van der Waals surface area (Å²) in [6.45, 7) is 3.20. The number of benzene rings is 2. The van der Waals surface area contributed by atoms with E-state index in [0.29, 0.717) is 17.0 Å². The van der Waals surface area contributed by atoms with Crippen LogP contribution < -0.4 is 10.1 Å². The Morgan fingerprint density at radius 3 is 2.65 bits per heavy atom. The summed E-state index contributed by atoms with van der Waals surface area (Å²) in [4.78, 5) is 23.8. The Hall–Kier alpha value is -3.28. The number of anilines is 1. The molecule has 0 saturated heterocycles. The van der Waals surface area contributed by atoms with Gasteiger partial charge in [0.1, 0.15) is 16.9 Å². The van der Waals surface area contributed by atoms with Gasteiger partial charge in [0.15, 0.2) is 6.10 Å². The third kappa shape index (κ3) is 3.39. The Bertz CT molecular complexity index is 1000. The van der Waals surface area contributed by atoms with Crippen molar-refractivity contribution in [2.75, 3.05) is 12.4 Å². The molecule has 3 rings (SSSR count). The van der Waals surface area contributed by atoms with E-state index in [2.05, 4.69) is 5.32 Å². The Kier molecular flexibility index (Phi) is 4.93. The SMILES string of the molecule is C/C=C/C(=O)O[C@@H](C)C(=O)Nc1cc2oc3ccccc3c2cc1OC. The highest BCUT2D eigenvalue weighted by atomic mass is 16.5. The van der Waals surface area contributed by atoms with E-state index in [-0.39, 0.29) is 0 Å². The maximum Gasteiger partial charge on any atom is 0.331 e. The molecule has 0 unspecified atom stereocenters. The monoisotopic (exact) mass is 353 g/mol. The van der Waals surface area contributed by atoms with Crippen molar-refractivity contribution in [2.45, 2.75) is 20.0 Å². The van der Waals surface area contributed by atoms with Crippen LogP contribution in [0.3, 0.4) is 0 Å². The number of hydrogen-bond donors (Lipinski definition) is 1. The number of para-hydroxylation sites is 1. The summed E-state index contributed by atoms with van der Waals surface area (Å²) >= 11 is 0. The van der Waals surface area contributed by atoms with Gasteiger partial charge in [0.05, 0.1) is 12.8 Å². The first-order chi connectivity index (χ1) is 12.5. The van der Waals surface area contributed by atoms with E-state index in [9.17, 15) is 9.59 Å². The average Bonchev–Trinajstić information content (AvgIpc) is 2.98. The van der Waals surface area contributed by atoms with Gasteiger partial charge >= 0.3 is 5.97 Å². The molecule has 134 valence electrons. The molecule has 0 radical (unpaired) electrons. The van der Waals surface area contributed by atoms with Gasteiger partial charge in [-0.2, -0.15) is 0 Å². The number of esters is 1. The number of hydrogen-bond acceptors (Lipinski definition) is 5. The number of rotatable bonds is 5. The van der Waals surface area contributed by atoms with E-state index in [1.807, 2.05) is 30.3 Å². The largest absolute Gasteiger partial charge is 0.495 e. The van der Waals surface area contributed by atoms with Crippen LogP contribution in [0.4, 0.5) is 5.69 Å². The Balaban J connectivity index is 1.90. The van der Waals surface area contributed by atoms with Gasteiger partial charge in [0.25, 0.3) is 5.91 Å². The first-order valence-corrected chi connectivity index (χ1v) is 8.17. The van der Waals surface area contributed by atoms with Crippen molar-refractivity contribution in [3.8, 4) is 5.75 Å². The lowest BCUT2D eigenvalue weighted by Gasteiger charge is -2.14. The zero-order chi connectivity index (χ0) is 18.7. The maximum absolute atomic E-state index is 12.3. The molecule has 0 fully saturated rings. The quantitative estimate of drug-likeness (QED) is 0.553. The molecule has 0 saturated carbocycles. The van der Waals surface area contributed by atoms with Crippen LogP contribution in [-0.4, -0.2) is 25.1 Å². The zero-order valence-electron chi connectivity index (χ0n) is 14.7. The molecule has 0 aliphatic heterocycles. The second-order valence-electron chi connectivity index (χ2n) is 5.72. The lowest BCUT2D eigenvalue weighted by atomic mass is 10.1.